The second-order valence-electron chi connectivity index (χ2n) is 13.6. The fourth-order valence-electron chi connectivity index (χ4n) is 6.19. The first-order chi connectivity index (χ1) is 27.6. The van der Waals surface area contributed by atoms with E-state index in [1.807, 2.05) is 0 Å². The summed E-state index contributed by atoms with van der Waals surface area (Å²) in [4.78, 5) is 84.3. The maximum atomic E-state index is 12.4. The molecule has 5 aromatic rings. The zero-order valence-corrected chi connectivity index (χ0v) is 31.4. The van der Waals surface area contributed by atoms with Crippen molar-refractivity contribution in [3.63, 3.8) is 0 Å². The fraction of sp³-hybridized carbons (Fsp3) is 0.256. The summed E-state index contributed by atoms with van der Waals surface area (Å²) < 4.78 is 26.7. The molecule has 0 radical (unpaired) electrons. The van der Waals surface area contributed by atoms with Gasteiger partial charge in [0.15, 0.2) is 17.0 Å². The Morgan fingerprint density at radius 3 is 1.90 bits per heavy atom. The molecule has 2 aromatic heterocycles. The third-order valence-electron chi connectivity index (χ3n) is 8.92. The van der Waals surface area contributed by atoms with E-state index in [9.17, 15) is 38.7 Å². The van der Waals surface area contributed by atoms with Gasteiger partial charge >= 0.3 is 11.9 Å². The number of phenols is 1. The number of carboxylic acids is 2. The van der Waals surface area contributed by atoms with Crippen LogP contribution in [0.2, 0.25) is 0 Å². The molecule has 0 aliphatic carbocycles. The van der Waals surface area contributed by atoms with E-state index >= 15 is 0 Å². The Balaban J connectivity index is 0.000000220. The first-order valence-corrected chi connectivity index (χ1v) is 18.2. The van der Waals surface area contributed by atoms with E-state index in [1.54, 1.807) is 28.8 Å². The second-order valence-corrected chi connectivity index (χ2v) is 15.4. The number of rotatable bonds is 13. The van der Waals surface area contributed by atoms with Crippen molar-refractivity contribution in [2.75, 3.05) is 19.8 Å². The molecule has 4 heterocycles. The van der Waals surface area contributed by atoms with Crippen LogP contribution in [-0.4, -0.2) is 92.5 Å². The number of phenolic OH excluding ortho intramolecular Hbond substituents is 1. The van der Waals surface area contributed by atoms with Gasteiger partial charge in [0, 0.05) is 23.4 Å². The molecule has 6 N–H and O–H groups in total. The summed E-state index contributed by atoms with van der Waals surface area (Å²) in [5.41, 5.74) is 5.22. The maximum Gasteiger partial charge on any atom is 0.371 e. The lowest BCUT2D eigenvalue weighted by molar-refractivity contribution is -0.148. The number of aromatic carboxylic acids is 2. The first-order valence-electron chi connectivity index (χ1n) is 17.3. The average Bonchev–Trinajstić information content (AvgIpc) is 3.48. The number of nitrogens with zero attached hydrogens (tertiary/aromatic N) is 1. The van der Waals surface area contributed by atoms with Gasteiger partial charge in [0.2, 0.25) is 23.3 Å². The largest absolute Gasteiger partial charge is 0.508 e. The summed E-state index contributed by atoms with van der Waals surface area (Å²) in [5.74, 6) is -4.06. The molecule has 3 aromatic carbocycles. The van der Waals surface area contributed by atoms with Gasteiger partial charge in [0.1, 0.15) is 69.9 Å². The van der Waals surface area contributed by atoms with E-state index in [0.29, 0.717) is 12.1 Å². The lowest BCUT2D eigenvalue weighted by atomic mass is 10.0. The highest BCUT2D eigenvalue weighted by Gasteiger charge is 2.56. The predicted molar refractivity (Wildman–Crippen MR) is 205 cm³/mol. The number of thioether (sulfide) groups is 1. The molecule has 0 bridgehead atoms. The Morgan fingerprint density at radius 1 is 0.897 bits per heavy atom. The van der Waals surface area contributed by atoms with Gasteiger partial charge in [-0.3, -0.25) is 24.0 Å². The minimum absolute atomic E-state index is 0.00142. The maximum absolute atomic E-state index is 12.4. The van der Waals surface area contributed by atoms with Crippen molar-refractivity contribution in [2.24, 2.45) is 5.73 Å². The third kappa shape index (κ3) is 8.74. The number of β-lactam (4-membered cyclic amide) rings is 1. The molecular weight excluding hydrogens is 783 g/mol. The lowest BCUT2D eigenvalue weighted by Gasteiger charge is -2.41. The van der Waals surface area contributed by atoms with Crippen LogP contribution in [0, 0.1) is 0 Å². The number of fused-ring (bicyclic) bond motifs is 3. The van der Waals surface area contributed by atoms with Gasteiger partial charge in [0.25, 0.3) is 6.47 Å². The van der Waals surface area contributed by atoms with Crippen molar-refractivity contribution in [2.45, 2.75) is 42.2 Å². The van der Waals surface area contributed by atoms with Crippen LogP contribution in [0.3, 0.4) is 0 Å². The molecule has 0 spiro atoms. The standard InChI is InChI=1S/C24H16O12.C15H19N3O3S/c25-11-34-12(9-32-15-3-1-5-17-21(15)13(26)7-19(35-17)23(28)29)10-33-16-4-2-6-18-22(16)14(27)8-20(36-18)24(30)31;1-15(2)7-18-13(21)11(14(18)22-15)17-12(20)10(16)8-3-5-9(19)6-4-8/h1-8,11-12H,9-10H2,(H,28,29)(H,30,31);3-6,10-11,14,19H,7,16H2,1-2H3,(H,17,20). The number of nitrogens with two attached hydrogens (primary N) is 1. The molecule has 2 aliphatic rings. The topological polar surface area (TPSA) is 275 Å². The number of carboxylic acid groups (broad SMARTS) is 2. The number of nitrogens with one attached hydrogen (secondary N) is 1. The Labute approximate surface area is 331 Å². The lowest BCUT2D eigenvalue weighted by Crippen LogP contribution is -2.67. The van der Waals surface area contributed by atoms with Crippen LogP contribution in [0.15, 0.2) is 91.2 Å². The van der Waals surface area contributed by atoms with E-state index < -0.39 is 52.5 Å². The molecule has 3 unspecified atom stereocenters. The predicted octanol–water partition coefficient (Wildman–Crippen LogP) is 2.87. The minimum Gasteiger partial charge on any atom is -0.508 e. The van der Waals surface area contributed by atoms with E-state index in [-0.39, 0.29) is 80.8 Å². The van der Waals surface area contributed by atoms with E-state index in [2.05, 4.69) is 19.2 Å². The highest BCUT2D eigenvalue weighted by molar-refractivity contribution is 8.01. The molecule has 19 heteroatoms. The highest BCUT2D eigenvalue weighted by Crippen LogP contribution is 2.46. The van der Waals surface area contributed by atoms with Crippen molar-refractivity contribution in [3.8, 4) is 17.2 Å². The molecule has 2 amide bonds. The summed E-state index contributed by atoms with van der Waals surface area (Å²) in [5, 5.41) is 30.1. The van der Waals surface area contributed by atoms with Crippen LogP contribution in [0.5, 0.6) is 17.2 Å². The van der Waals surface area contributed by atoms with Crippen molar-refractivity contribution >= 4 is 63.9 Å². The Kier molecular flexibility index (Phi) is 11.7. The van der Waals surface area contributed by atoms with E-state index in [4.69, 9.17) is 39.0 Å². The third-order valence-corrected chi connectivity index (χ3v) is 10.5. The molecule has 58 heavy (non-hydrogen) atoms. The van der Waals surface area contributed by atoms with Gasteiger partial charge in [-0.15, -0.1) is 11.8 Å². The molecule has 2 fully saturated rings. The number of amides is 2. The number of hydrogen-bond donors (Lipinski definition) is 5. The zero-order chi connectivity index (χ0) is 41.9. The smallest absolute Gasteiger partial charge is 0.371 e. The minimum atomic E-state index is -1.40. The van der Waals surface area contributed by atoms with Crippen molar-refractivity contribution in [3.05, 3.63) is 110 Å². The van der Waals surface area contributed by atoms with Crippen LogP contribution >= 0.6 is 11.8 Å². The SMILES string of the molecule is CC1(C)CN2C(=O)C(NC(=O)C(N)c3ccc(O)cc3)C2S1.O=COC(COc1cccc2oc(C(=O)O)cc(=O)c12)COc1cccc2oc(C(=O)O)cc(=O)c12. The van der Waals surface area contributed by atoms with Crippen LogP contribution in [0.25, 0.3) is 21.9 Å². The van der Waals surface area contributed by atoms with Crippen LogP contribution in [-0.2, 0) is 19.1 Å². The van der Waals surface area contributed by atoms with Crippen LogP contribution in [0.1, 0.15) is 46.6 Å². The first kappa shape index (κ1) is 40.8. The zero-order valence-electron chi connectivity index (χ0n) is 30.6. The van der Waals surface area contributed by atoms with Gasteiger partial charge in [-0.2, -0.15) is 0 Å². The number of benzene rings is 3. The van der Waals surface area contributed by atoms with Gasteiger partial charge < -0.3 is 54.3 Å². The summed E-state index contributed by atoms with van der Waals surface area (Å²) in [6.07, 6.45) is -0.997. The van der Waals surface area contributed by atoms with Gasteiger partial charge in [0.05, 0.1) is 0 Å². The van der Waals surface area contributed by atoms with Crippen molar-refractivity contribution < 1.29 is 62.3 Å². The number of carbonyl (C=O) groups is 5. The molecule has 0 saturated carbocycles. The van der Waals surface area contributed by atoms with Gasteiger partial charge in [-0.05, 0) is 55.8 Å². The van der Waals surface area contributed by atoms with Gasteiger partial charge in [-0.1, -0.05) is 24.3 Å². The summed E-state index contributed by atoms with van der Waals surface area (Å²) in [6, 6.07) is 15.1. The Bertz CT molecular complexity index is 2420. The molecule has 7 rings (SSSR count). The second kappa shape index (κ2) is 16.7. The monoisotopic (exact) mass is 817 g/mol. The number of hydrogen-bond acceptors (Lipinski definition) is 15. The molecule has 2 saturated heterocycles. The normalized spacial score (nSPS) is 17.0. The van der Waals surface area contributed by atoms with Crippen LogP contribution in [0.4, 0.5) is 0 Å². The Morgan fingerprint density at radius 2 is 1.41 bits per heavy atom. The van der Waals surface area contributed by atoms with E-state index in [1.165, 1.54) is 48.5 Å². The molecule has 302 valence electrons. The molecular formula is C39H35N3O15S. The number of aromatic hydroxyl groups is 1. The average molecular weight is 818 g/mol. The molecule has 18 nitrogen and oxygen atoms in total. The number of ether oxygens (including phenoxy) is 3. The number of carbonyl (C=O) groups excluding carboxylic acids is 3. The van der Waals surface area contributed by atoms with Crippen LogP contribution < -0.4 is 31.4 Å². The molecule has 3 atom stereocenters. The van der Waals surface area contributed by atoms with Crippen molar-refractivity contribution in [1.29, 1.82) is 0 Å². The quantitative estimate of drug-likeness (QED) is 0.0844. The molecule has 2 aliphatic heterocycles. The summed E-state index contributed by atoms with van der Waals surface area (Å²) >= 11 is 1.70. The summed E-state index contributed by atoms with van der Waals surface area (Å²) in [6.45, 7) is 4.50. The fourth-order valence-corrected chi connectivity index (χ4v) is 7.68. The van der Waals surface area contributed by atoms with E-state index in [0.717, 1.165) is 12.1 Å². The summed E-state index contributed by atoms with van der Waals surface area (Å²) in [7, 11) is 0. The van der Waals surface area contributed by atoms with Gasteiger partial charge in [-0.25, -0.2) is 9.59 Å². The Hall–Kier alpha value is -6.86. The highest BCUT2D eigenvalue weighted by atomic mass is 32.2. The van der Waals surface area contributed by atoms with Crippen molar-refractivity contribution in [1.82, 2.24) is 10.2 Å².